The number of hydrogen-bond acceptors (Lipinski definition) is 4. The standard InChI is InChI=1S/C13H22N2O2/c1-14-8-7-12(15-2)11-6-5-10(16-3)9-13(11)17-4/h5-6,9,12,14-15H,7-8H2,1-4H3. The van der Waals surface area contributed by atoms with E-state index in [0.29, 0.717) is 0 Å². The zero-order chi connectivity index (χ0) is 12.7. The van der Waals surface area contributed by atoms with E-state index < -0.39 is 0 Å². The summed E-state index contributed by atoms with van der Waals surface area (Å²) in [6, 6.07) is 6.21. The zero-order valence-corrected chi connectivity index (χ0v) is 11.0. The molecular weight excluding hydrogens is 216 g/mol. The Balaban J connectivity index is 2.93. The molecule has 1 atom stereocenters. The van der Waals surface area contributed by atoms with Crippen molar-refractivity contribution >= 4 is 0 Å². The molecule has 0 aliphatic carbocycles. The predicted octanol–water partition coefficient (Wildman–Crippen LogP) is 1.57. The Hall–Kier alpha value is -1.26. The van der Waals surface area contributed by atoms with Crippen molar-refractivity contribution in [1.29, 1.82) is 0 Å². The van der Waals surface area contributed by atoms with Gasteiger partial charge in [0.25, 0.3) is 0 Å². The van der Waals surface area contributed by atoms with Crippen LogP contribution in [0.2, 0.25) is 0 Å². The molecule has 4 nitrogen and oxygen atoms in total. The van der Waals surface area contributed by atoms with Gasteiger partial charge in [0.15, 0.2) is 0 Å². The lowest BCUT2D eigenvalue weighted by atomic mass is 10.0. The molecule has 0 spiro atoms. The summed E-state index contributed by atoms with van der Waals surface area (Å²) >= 11 is 0. The quantitative estimate of drug-likeness (QED) is 0.757. The molecule has 0 heterocycles. The van der Waals surface area contributed by atoms with Crippen LogP contribution in [0.1, 0.15) is 18.0 Å². The predicted molar refractivity (Wildman–Crippen MR) is 69.9 cm³/mol. The summed E-state index contributed by atoms with van der Waals surface area (Å²) in [4.78, 5) is 0. The molecule has 0 aromatic heterocycles. The Bertz CT molecular complexity index is 342. The van der Waals surface area contributed by atoms with Crippen LogP contribution in [0.3, 0.4) is 0 Å². The fourth-order valence-corrected chi connectivity index (χ4v) is 1.85. The number of rotatable bonds is 7. The van der Waals surface area contributed by atoms with Gasteiger partial charge in [-0.25, -0.2) is 0 Å². The first-order valence-corrected chi connectivity index (χ1v) is 5.80. The molecule has 0 aliphatic heterocycles. The first kappa shape index (κ1) is 13.8. The Morgan fingerprint density at radius 1 is 1.18 bits per heavy atom. The maximum absolute atomic E-state index is 5.41. The van der Waals surface area contributed by atoms with Gasteiger partial charge in [0.1, 0.15) is 11.5 Å². The van der Waals surface area contributed by atoms with Crippen LogP contribution in [-0.4, -0.2) is 34.9 Å². The molecule has 0 saturated carbocycles. The Labute approximate surface area is 103 Å². The van der Waals surface area contributed by atoms with Crippen LogP contribution in [0.5, 0.6) is 11.5 Å². The van der Waals surface area contributed by atoms with Crippen LogP contribution in [0.25, 0.3) is 0 Å². The zero-order valence-electron chi connectivity index (χ0n) is 11.0. The molecule has 0 bridgehead atoms. The molecule has 0 saturated heterocycles. The summed E-state index contributed by atoms with van der Waals surface area (Å²) in [5.41, 5.74) is 1.16. The molecule has 0 amide bonds. The molecule has 0 aliphatic rings. The molecule has 2 N–H and O–H groups in total. The van der Waals surface area contributed by atoms with Crippen LogP contribution in [-0.2, 0) is 0 Å². The van der Waals surface area contributed by atoms with E-state index in [0.717, 1.165) is 30.0 Å². The minimum atomic E-state index is 0.281. The van der Waals surface area contributed by atoms with Crippen molar-refractivity contribution in [3.8, 4) is 11.5 Å². The lowest BCUT2D eigenvalue weighted by molar-refractivity contribution is 0.383. The molecule has 96 valence electrons. The highest BCUT2D eigenvalue weighted by Gasteiger charge is 2.14. The highest BCUT2D eigenvalue weighted by atomic mass is 16.5. The van der Waals surface area contributed by atoms with Gasteiger partial charge in [-0.2, -0.15) is 0 Å². The third-order valence-corrected chi connectivity index (χ3v) is 2.85. The van der Waals surface area contributed by atoms with Crippen molar-refractivity contribution in [3.05, 3.63) is 23.8 Å². The highest BCUT2D eigenvalue weighted by Crippen LogP contribution is 2.30. The fourth-order valence-electron chi connectivity index (χ4n) is 1.85. The van der Waals surface area contributed by atoms with Gasteiger partial charge < -0.3 is 20.1 Å². The van der Waals surface area contributed by atoms with Crippen LogP contribution < -0.4 is 20.1 Å². The summed E-state index contributed by atoms with van der Waals surface area (Å²) in [7, 11) is 7.26. The monoisotopic (exact) mass is 238 g/mol. The highest BCUT2D eigenvalue weighted by molar-refractivity contribution is 5.42. The topological polar surface area (TPSA) is 42.5 Å². The van der Waals surface area contributed by atoms with Crippen LogP contribution >= 0.6 is 0 Å². The number of nitrogens with one attached hydrogen (secondary N) is 2. The van der Waals surface area contributed by atoms with Gasteiger partial charge in [-0.1, -0.05) is 6.07 Å². The summed E-state index contributed by atoms with van der Waals surface area (Å²) in [6.07, 6.45) is 1.01. The smallest absolute Gasteiger partial charge is 0.127 e. The van der Waals surface area contributed by atoms with Gasteiger partial charge in [-0.15, -0.1) is 0 Å². The van der Waals surface area contributed by atoms with Crippen molar-refractivity contribution in [2.75, 3.05) is 34.9 Å². The molecule has 0 radical (unpaired) electrons. The average Bonchev–Trinajstić information content (AvgIpc) is 2.39. The van der Waals surface area contributed by atoms with Gasteiger partial charge in [0.2, 0.25) is 0 Å². The second-order valence-electron chi connectivity index (χ2n) is 3.84. The van der Waals surface area contributed by atoms with E-state index in [1.54, 1.807) is 14.2 Å². The third-order valence-electron chi connectivity index (χ3n) is 2.85. The maximum atomic E-state index is 5.41. The van der Waals surface area contributed by atoms with Crippen molar-refractivity contribution in [1.82, 2.24) is 10.6 Å². The minimum absolute atomic E-state index is 0.281. The lowest BCUT2D eigenvalue weighted by Gasteiger charge is -2.19. The summed E-state index contributed by atoms with van der Waals surface area (Å²) in [6.45, 7) is 0.959. The van der Waals surface area contributed by atoms with E-state index in [9.17, 15) is 0 Å². The molecule has 0 fully saturated rings. The molecular formula is C13H22N2O2. The largest absolute Gasteiger partial charge is 0.497 e. The van der Waals surface area contributed by atoms with Crippen LogP contribution in [0, 0.1) is 0 Å². The molecule has 17 heavy (non-hydrogen) atoms. The molecule has 1 rings (SSSR count). The Kier molecular flexibility index (Phi) is 5.80. The summed E-state index contributed by atoms with van der Waals surface area (Å²) in [5.74, 6) is 1.67. The van der Waals surface area contributed by atoms with Crippen LogP contribution in [0.4, 0.5) is 0 Å². The second kappa shape index (κ2) is 7.14. The molecule has 1 unspecified atom stereocenters. The normalized spacial score (nSPS) is 12.2. The molecule has 1 aromatic carbocycles. The average molecular weight is 238 g/mol. The minimum Gasteiger partial charge on any atom is -0.497 e. The van der Waals surface area contributed by atoms with Crippen molar-refractivity contribution in [2.24, 2.45) is 0 Å². The van der Waals surface area contributed by atoms with E-state index in [2.05, 4.69) is 16.7 Å². The first-order valence-electron chi connectivity index (χ1n) is 5.80. The Morgan fingerprint density at radius 2 is 1.94 bits per heavy atom. The first-order chi connectivity index (χ1) is 8.26. The molecule has 1 aromatic rings. The lowest BCUT2D eigenvalue weighted by Crippen LogP contribution is -2.22. The van der Waals surface area contributed by atoms with Crippen molar-refractivity contribution in [2.45, 2.75) is 12.5 Å². The van der Waals surface area contributed by atoms with Gasteiger partial charge in [0, 0.05) is 17.7 Å². The Morgan fingerprint density at radius 3 is 2.47 bits per heavy atom. The van der Waals surface area contributed by atoms with Crippen LogP contribution in [0.15, 0.2) is 18.2 Å². The van der Waals surface area contributed by atoms with E-state index in [1.165, 1.54) is 0 Å². The number of benzene rings is 1. The number of hydrogen-bond donors (Lipinski definition) is 2. The number of ether oxygens (including phenoxy) is 2. The number of methoxy groups -OCH3 is 2. The van der Waals surface area contributed by atoms with E-state index in [-0.39, 0.29) is 6.04 Å². The van der Waals surface area contributed by atoms with E-state index >= 15 is 0 Å². The van der Waals surface area contributed by atoms with E-state index in [4.69, 9.17) is 9.47 Å². The summed E-state index contributed by atoms with van der Waals surface area (Å²) in [5, 5.41) is 6.46. The SMILES string of the molecule is CNCCC(NC)c1ccc(OC)cc1OC. The molecule has 4 heteroatoms. The maximum Gasteiger partial charge on any atom is 0.127 e. The van der Waals surface area contributed by atoms with E-state index in [1.807, 2.05) is 26.2 Å². The van der Waals surface area contributed by atoms with Gasteiger partial charge in [-0.05, 0) is 33.1 Å². The van der Waals surface area contributed by atoms with Crippen molar-refractivity contribution in [3.63, 3.8) is 0 Å². The van der Waals surface area contributed by atoms with Gasteiger partial charge >= 0.3 is 0 Å². The summed E-state index contributed by atoms with van der Waals surface area (Å²) < 4.78 is 10.6. The fraction of sp³-hybridized carbons (Fsp3) is 0.538. The van der Waals surface area contributed by atoms with Gasteiger partial charge in [0.05, 0.1) is 14.2 Å². The third kappa shape index (κ3) is 3.61. The van der Waals surface area contributed by atoms with Crippen molar-refractivity contribution < 1.29 is 9.47 Å². The van der Waals surface area contributed by atoms with Gasteiger partial charge in [-0.3, -0.25) is 0 Å². The second-order valence-corrected chi connectivity index (χ2v) is 3.84.